The summed E-state index contributed by atoms with van der Waals surface area (Å²) in [5, 5.41) is 4.34. The molecule has 0 atom stereocenters. The van der Waals surface area contributed by atoms with Gasteiger partial charge in [0.25, 0.3) is 11.5 Å². The zero-order valence-electron chi connectivity index (χ0n) is 15.1. The third-order valence-corrected chi connectivity index (χ3v) is 4.80. The number of H-pyrrole nitrogens is 1. The summed E-state index contributed by atoms with van der Waals surface area (Å²) in [5.41, 5.74) is 0.454. The number of aromatic nitrogens is 2. The van der Waals surface area contributed by atoms with Gasteiger partial charge in [-0.15, -0.1) is 11.3 Å². The molecule has 3 heterocycles. The topological polar surface area (TPSA) is 97.2 Å². The molecule has 2 N–H and O–H groups in total. The first-order valence-corrected chi connectivity index (χ1v) is 9.47. The number of hydrogen-bond donors (Lipinski definition) is 2. The molecule has 0 aliphatic heterocycles. The molecule has 7 nitrogen and oxygen atoms in total. The Kier molecular flexibility index (Phi) is 5.40. The number of benzene rings is 1. The van der Waals surface area contributed by atoms with Crippen LogP contribution in [-0.4, -0.2) is 22.5 Å². The Morgan fingerprint density at radius 3 is 2.73 bits per heavy atom. The maximum absolute atomic E-state index is 12.6. The summed E-state index contributed by atoms with van der Waals surface area (Å²) in [4.78, 5) is 31.6. The van der Waals surface area contributed by atoms with Crippen molar-refractivity contribution in [1.82, 2.24) is 9.97 Å². The molecule has 0 saturated heterocycles. The first kappa shape index (κ1) is 19.5. The average molecular weight is 429 g/mol. The van der Waals surface area contributed by atoms with Crippen molar-refractivity contribution < 1.29 is 22.7 Å². The van der Waals surface area contributed by atoms with E-state index in [1.54, 1.807) is 41.8 Å². The molecule has 30 heavy (non-hydrogen) atoms. The predicted octanol–water partition coefficient (Wildman–Crippen LogP) is 4.61. The van der Waals surface area contributed by atoms with Gasteiger partial charge in [0.2, 0.25) is 0 Å². The lowest BCUT2D eigenvalue weighted by Gasteiger charge is -2.08. The van der Waals surface area contributed by atoms with Crippen LogP contribution in [0.2, 0.25) is 0 Å². The van der Waals surface area contributed by atoms with Crippen LogP contribution in [-0.2, 0) is 0 Å². The molecule has 3 aromatic heterocycles. The number of pyridine rings is 1. The summed E-state index contributed by atoms with van der Waals surface area (Å²) in [5.74, 6) is -0.214. The van der Waals surface area contributed by atoms with Crippen LogP contribution in [0.25, 0.3) is 22.7 Å². The second kappa shape index (κ2) is 8.29. The summed E-state index contributed by atoms with van der Waals surface area (Å²) in [6.07, 6.45) is 1.47. The second-order valence-electron chi connectivity index (χ2n) is 5.96. The smallest absolute Gasteiger partial charge is 0.387 e. The number of furan rings is 1. The number of anilines is 1. The van der Waals surface area contributed by atoms with Crippen molar-refractivity contribution in [3.63, 3.8) is 0 Å². The van der Waals surface area contributed by atoms with E-state index in [0.29, 0.717) is 22.7 Å². The predicted molar refractivity (Wildman–Crippen MR) is 107 cm³/mol. The van der Waals surface area contributed by atoms with Gasteiger partial charge in [-0.25, -0.2) is 4.98 Å². The number of nitrogens with one attached hydrogen (secondary N) is 2. The lowest BCUT2D eigenvalue weighted by molar-refractivity contribution is -0.0494. The fraction of sp³-hybridized carbons (Fsp3) is 0.0500. The van der Waals surface area contributed by atoms with Gasteiger partial charge in [-0.3, -0.25) is 14.9 Å². The first-order valence-electron chi connectivity index (χ1n) is 8.59. The van der Waals surface area contributed by atoms with Gasteiger partial charge in [0.05, 0.1) is 17.7 Å². The molecule has 0 radical (unpaired) electrons. The Hall–Kier alpha value is -3.79. The fourth-order valence-electron chi connectivity index (χ4n) is 2.72. The summed E-state index contributed by atoms with van der Waals surface area (Å²) in [6.45, 7) is -2.97. The van der Waals surface area contributed by atoms with Crippen LogP contribution in [0.3, 0.4) is 0 Å². The standard InChI is InChI=1S/C20H13F2N3O4S/c21-19(22)29-15-5-2-1-4-11(15)14-10-30-20(24-14)25-18(27)12-7-8-13(23-17(12)26)16-6-3-9-28-16/h1-10,19H,(H,23,26)(H,24,25,27). The molecule has 10 heteroatoms. The Labute approximate surface area is 172 Å². The van der Waals surface area contributed by atoms with Crippen molar-refractivity contribution in [1.29, 1.82) is 0 Å². The quantitative estimate of drug-likeness (QED) is 0.466. The van der Waals surface area contributed by atoms with Crippen molar-refractivity contribution in [3.05, 3.63) is 76.1 Å². The van der Waals surface area contributed by atoms with Gasteiger partial charge in [0.1, 0.15) is 17.1 Å². The van der Waals surface area contributed by atoms with Crippen LogP contribution in [0.5, 0.6) is 5.75 Å². The highest BCUT2D eigenvalue weighted by Gasteiger charge is 2.17. The molecule has 0 aliphatic carbocycles. The van der Waals surface area contributed by atoms with E-state index >= 15 is 0 Å². The minimum Gasteiger partial charge on any atom is -0.463 e. The van der Waals surface area contributed by atoms with E-state index in [9.17, 15) is 18.4 Å². The maximum atomic E-state index is 12.6. The molecule has 0 unspecified atom stereocenters. The van der Waals surface area contributed by atoms with Gasteiger partial charge in [-0.05, 0) is 36.4 Å². The molecule has 0 bridgehead atoms. The number of halogens is 2. The third kappa shape index (κ3) is 4.13. The molecule has 1 aromatic carbocycles. The SMILES string of the molecule is O=C(Nc1nc(-c2ccccc2OC(F)F)cs1)c1ccc(-c2ccco2)[nH]c1=O. The molecular weight excluding hydrogens is 416 g/mol. The fourth-order valence-corrected chi connectivity index (χ4v) is 3.43. The third-order valence-electron chi connectivity index (χ3n) is 4.04. The number of carbonyl (C=O) groups excluding carboxylic acids is 1. The summed E-state index contributed by atoms with van der Waals surface area (Å²) in [7, 11) is 0. The van der Waals surface area contributed by atoms with Gasteiger partial charge in [-0.1, -0.05) is 12.1 Å². The van der Waals surface area contributed by atoms with E-state index in [0.717, 1.165) is 11.3 Å². The minimum atomic E-state index is -2.97. The average Bonchev–Trinajstić information content (AvgIpc) is 3.40. The van der Waals surface area contributed by atoms with E-state index in [1.165, 1.54) is 18.4 Å². The van der Waals surface area contributed by atoms with Crippen molar-refractivity contribution >= 4 is 22.4 Å². The van der Waals surface area contributed by atoms with Crippen molar-refractivity contribution in [3.8, 4) is 28.5 Å². The van der Waals surface area contributed by atoms with E-state index in [2.05, 4.69) is 20.0 Å². The van der Waals surface area contributed by atoms with Crippen LogP contribution < -0.4 is 15.6 Å². The number of alkyl halides is 2. The summed E-state index contributed by atoms with van der Waals surface area (Å²) in [6, 6.07) is 12.5. The number of aromatic amines is 1. The van der Waals surface area contributed by atoms with E-state index in [-0.39, 0.29) is 16.4 Å². The van der Waals surface area contributed by atoms with Gasteiger partial charge < -0.3 is 14.1 Å². The second-order valence-corrected chi connectivity index (χ2v) is 6.82. The Morgan fingerprint density at radius 2 is 2.00 bits per heavy atom. The van der Waals surface area contributed by atoms with Crippen molar-refractivity contribution in [2.45, 2.75) is 6.61 Å². The maximum Gasteiger partial charge on any atom is 0.387 e. The zero-order valence-corrected chi connectivity index (χ0v) is 15.9. The first-order chi connectivity index (χ1) is 14.5. The van der Waals surface area contributed by atoms with Crippen LogP contribution in [0.1, 0.15) is 10.4 Å². The molecule has 152 valence electrons. The number of carbonyl (C=O) groups is 1. The van der Waals surface area contributed by atoms with Crippen molar-refractivity contribution in [2.24, 2.45) is 0 Å². The molecule has 0 fully saturated rings. The Bertz CT molecular complexity index is 1230. The Balaban J connectivity index is 1.53. The zero-order chi connectivity index (χ0) is 21.1. The molecular formula is C20H13F2N3O4S. The van der Waals surface area contributed by atoms with Gasteiger partial charge in [0.15, 0.2) is 5.13 Å². The van der Waals surface area contributed by atoms with Gasteiger partial charge in [-0.2, -0.15) is 8.78 Å². The largest absolute Gasteiger partial charge is 0.463 e. The van der Waals surface area contributed by atoms with Crippen LogP contribution in [0, 0.1) is 0 Å². The minimum absolute atomic E-state index is 0.0272. The molecule has 1 amide bonds. The Morgan fingerprint density at radius 1 is 1.17 bits per heavy atom. The molecule has 4 aromatic rings. The normalized spacial score (nSPS) is 10.9. The molecule has 0 aliphatic rings. The highest BCUT2D eigenvalue weighted by Crippen LogP contribution is 2.33. The number of rotatable bonds is 6. The molecule has 0 spiro atoms. The highest BCUT2D eigenvalue weighted by molar-refractivity contribution is 7.14. The highest BCUT2D eigenvalue weighted by atomic mass is 32.1. The van der Waals surface area contributed by atoms with E-state index in [1.807, 2.05) is 0 Å². The van der Waals surface area contributed by atoms with E-state index in [4.69, 9.17) is 4.42 Å². The molecule has 4 rings (SSSR count). The summed E-state index contributed by atoms with van der Waals surface area (Å²) >= 11 is 1.09. The number of para-hydroxylation sites is 1. The van der Waals surface area contributed by atoms with Crippen LogP contribution in [0.15, 0.2) is 69.4 Å². The van der Waals surface area contributed by atoms with E-state index < -0.39 is 18.1 Å². The number of amides is 1. The van der Waals surface area contributed by atoms with Gasteiger partial charge in [0, 0.05) is 10.9 Å². The van der Waals surface area contributed by atoms with Crippen LogP contribution in [0.4, 0.5) is 13.9 Å². The number of thiazole rings is 1. The number of ether oxygens (including phenoxy) is 1. The van der Waals surface area contributed by atoms with Crippen molar-refractivity contribution in [2.75, 3.05) is 5.32 Å². The number of nitrogens with zero attached hydrogens (tertiary/aromatic N) is 1. The number of hydrogen-bond acceptors (Lipinski definition) is 6. The lowest BCUT2D eigenvalue weighted by Crippen LogP contribution is -2.23. The van der Waals surface area contributed by atoms with Crippen LogP contribution >= 0.6 is 11.3 Å². The monoisotopic (exact) mass is 429 g/mol. The summed E-state index contributed by atoms with van der Waals surface area (Å²) < 4.78 is 34.9. The van der Waals surface area contributed by atoms with Gasteiger partial charge >= 0.3 is 6.61 Å². The lowest BCUT2D eigenvalue weighted by atomic mass is 10.1. The molecule has 0 saturated carbocycles.